The first-order valence-electron chi connectivity index (χ1n) is 29.0. The Hall–Kier alpha value is -10.3. The van der Waals surface area contributed by atoms with E-state index < -0.39 is 10.8 Å². The molecule has 0 fully saturated rings. The van der Waals surface area contributed by atoms with Crippen molar-refractivity contribution in [1.29, 1.82) is 0 Å². The van der Waals surface area contributed by atoms with Gasteiger partial charge in [-0.15, -0.1) is 0 Å². The molecule has 2 heteroatoms. The van der Waals surface area contributed by atoms with Crippen molar-refractivity contribution in [3.63, 3.8) is 0 Å². The van der Waals surface area contributed by atoms with E-state index in [9.17, 15) is 0 Å². The molecule has 2 aliphatic rings. The standard InChI is InChI=1S/C81H60N2/c1-55-23-19-34-65(51-55)82(67-36-21-32-63(53-67)80(61-28-9-5-10-29-61)57(3)25-7-4-8-26-58-27-13-16-40-73(58)80)76-49-45-59-44-48-72-77(50-46-60-43-47-71(76)78(59)79(60)72)83(66-35-20-24-56(2)52-66)68-37-22-33-64(54-68)81(62-30-11-6-12-31-62)74-41-17-14-38-69(74)70-39-15-18-42-75(70)81/h4-25,27-54H,3,26H2,1-2H3/b8-4-,25-7-. The van der Waals surface area contributed by atoms with Gasteiger partial charge in [-0.25, -0.2) is 0 Å². The van der Waals surface area contributed by atoms with Crippen molar-refractivity contribution in [1.82, 2.24) is 0 Å². The molecule has 394 valence electrons. The van der Waals surface area contributed by atoms with Crippen molar-refractivity contribution in [3.05, 3.63) is 371 Å². The van der Waals surface area contributed by atoms with Crippen LogP contribution >= 0.6 is 0 Å². The minimum Gasteiger partial charge on any atom is -0.310 e. The molecule has 0 bridgehead atoms. The van der Waals surface area contributed by atoms with Crippen LogP contribution in [0.5, 0.6) is 0 Å². The molecule has 2 aliphatic carbocycles. The molecule has 0 aliphatic heterocycles. The first-order valence-corrected chi connectivity index (χ1v) is 29.0. The van der Waals surface area contributed by atoms with Gasteiger partial charge in [-0.2, -0.15) is 0 Å². The predicted molar refractivity (Wildman–Crippen MR) is 350 cm³/mol. The van der Waals surface area contributed by atoms with Gasteiger partial charge in [-0.1, -0.05) is 249 Å². The second-order valence-electron chi connectivity index (χ2n) is 22.5. The summed E-state index contributed by atoms with van der Waals surface area (Å²) in [6, 6.07) is 104. The molecule has 13 aromatic rings. The van der Waals surface area contributed by atoms with Gasteiger partial charge in [0.15, 0.2) is 0 Å². The lowest BCUT2D eigenvalue weighted by Crippen LogP contribution is -2.32. The number of rotatable bonds is 10. The zero-order chi connectivity index (χ0) is 55.7. The third-order valence-electron chi connectivity index (χ3n) is 17.8. The first kappa shape index (κ1) is 49.7. The zero-order valence-electron chi connectivity index (χ0n) is 46.7. The maximum Gasteiger partial charge on any atom is 0.0714 e. The zero-order valence-corrected chi connectivity index (χ0v) is 46.7. The molecule has 1 atom stereocenters. The maximum atomic E-state index is 4.93. The van der Waals surface area contributed by atoms with Crippen molar-refractivity contribution in [2.45, 2.75) is 31.1 Å². The molecule has 0 saturated heterocycles. The fourth-order valence-electron chi connectivity index (χ4n) is 14.4. The fourth-order valence-corrected chi connectivity index (χ4v) is 14.4. The number of aryl methyl sites for hydroxylation is 2. The molecule has 0 aromatic heterocycles. The number of nitrogens with zero attached hydrogens (tertiary/aromatic N) is 2. The van der Waals surface area contributed by atoms with Crippen LogP contribution in [-0.2, 0) is 17.3 Å². The SMILES string of the molecule is C=C1/C=C\C=C/Cc2ccccc2C1(c1ccccc1)c1cccc(N(c2cccc(C)c2)c2ccc3ccc4c(N(c5cccc(C)c5)c5cccc(C6(c7ccccc7)c7ccccc7-c7ccccc76)c5)ccc5ccc2c3c54)c1. The minimum atomic E-state index is -0.690. The summed E-state index contributed by atoms with van der Waals surface area (Å²) in [4.78, 5) is 4.98. The van der Waals surface area contributed by atoms with Crippen LogP contribution in [0.15, 0.2) is 316 Å². The predicted octanol–water partition coefficient (Wildman–Crippen LogP) is 21.1. The smallest absolute Gasteiger partial charge is 0.0714 e. The van der Waals surface area contributed by atoms with E-state index >= 15 is 0 Å². The summed E-state index contributed by atoms with van der Waals surface area (Å²) in [6.07, 6.45) is 9.58. The summed E-state index contributed by atoms with van der Waals surface area (Å²) < 4.78 is 0. The van der Waals surface area contributed by atoms with Crippen LogP contribution in [-0.4, -0.2) is 0 Å². The third-order valence-corrected chi connectivity index (χ3v) is 17.8. The van der Waals surface area contributed by atoms with Gasteiger partial charge in [-0.05, 0) is 175 Å². The number of allylic oxidation sites excluding steroid dienone is 5. The molecule has 1 unspecified atom stereocenters. The third kappa shape index (κ3) is 7.85. The maximum absolute atomic E-state index is 4.93. The van der Waals surface area contributed by atoms with E-state index in [2.05, 4.69) is 327 Å². The van der Waals surface area contributed by atoms with Gasteiger partial charge in [0.25, 0.3) is 0 Å². The summed E-state index contributed by atoms with van der Waals surface area (Å²) in [6.45, 7) is 9.32. The fraction of sp³-hybridized carbons (Fsp3) is 0.0617. The van der Waals surface area contributed by atoms with Gasteiger partial charge >= 0.3 is 0 Å². The lowest BCUT2D eigenvalue weighted by molar-refractivity contribution is 0.737. The number of fused-ring (bicyclic) bond motifs is 4. The first-order chi connectivity index (χ1) is 40.9. The average Bonchev–Trinajstić information content (AvgIpc) is 1.98. The Kier molecular flexibility index (Phi) is 12.0. The molecule has 0 amide bonds. The number of hydrogen-bond donors (Lipinski definition) is 0. The van der Waals surface area contributed by atoms with Crippen LogP contribution in [0.3, 0.4) is 0 Å². The Morgan fingerprint density at radius 3 is 1.30 bits per heavy atom. The quantitative estimate of drug-likeness (QED) is 0.126. The monoisotopic (exact) mass is 1060 g/mol. The molecule has 83 heavy (non-hydrogen) atoms. The van der Waals surface area contributed by atoms with Crippen molar-refractivity contribution < 1.29 is 0 Å². The van der Waals surface area contributed by atoms with Crippen LogP contribution in [0.4, 0.5) is 34.1 Å². The van der Waals surface area contributed by atoms with Crippen molar-refractivity contribution in [2.24, 2.45) is 0 Å². The largest absolute Gasteiger partial charge is 0.310 e. The van der Waals surface area contributed by atoms with Crippen molar-refractivity contribution in [2.75, 3.05) is 9.80 Å². The Labute approximate surface area is 486 Å². The van der Waals surface area contributed by atoms with E-state index in [0.717, 1.165) is 51.7 Å². The summed E-state index contributed by atoms with van der Waals surface area (Å²) >= 11 is 0. The summed E-state index contributed by atoms with van der Waals surface area (Å²) in [7, 11) is 0. The lowest BCUT2D eigenvalue weighted by Gasteiger charge is -2.39. The van der Waals surface area contributed by atoms with E-state index in [4.69, 9.17) is 6.58 Å². The highest BCUT2D eigenvalue weighted by Crippen LogP contribution is 2.57. The van der Waals surface area contributed by atoms with Gasteiger partial charge in [-0.3, -0.25) is 0 Å². The number of hydrogen-bond acceptors (Lipinski definition) is 2. The molecular formula is C81H60N2. The van der Waals surface area contributed by atoms with Crippen LogP contribution in [0.2, 0.25) is 0 Å². The molecule has 0 saturated carbocycles. The molecule has 2 nitrogen and oxygen atoms in total. The summed E-state index contributed by atoms with van der Waals surface area (Å²) in [5.74, 6) is 0. The summed E-state index contributed by atoms with van der Waals surface area (Å²) in [5, 5.41) is 7.26. The minimum absolute atomic E-state index is 0.548. The van der Waals surface area contributed by atoms with Crippen molar-refractivity contribution in [3.8, 4) is 11.1 Å². The van der Waals surface area contributed by atoms with E-state index in [1.54, 1.807) is 0 Å². The molecule has 15 rings (SSSR count). The molecule has 0 heterocycles. The number of benzene rings is 13. The Morgan fingerprint density at radius 1 is 0.349 bits per heavy atom. The highest BCUT2D eigenvalue weighted by atomic mass is 15.2. The van der Waals surface area contributed by atoms with Crippen LogP contribution in [0, 0.1) is 13.8 Å². The van der Waals surface area contributed by atoms with Crippen LogP contribution in [0.1, 0.15) is 55.6 Å². The Morgan fingerprint density at radius 2 is 0.771 bits per heavy atom. The summed E-state index contributed by atoms with van der Waals surface area (Å²) in [5.41, 5.74) is 21.2. The van der Waals surface area contributed by atoms with E-state index in [1.807, 2.05) is 0 Å². The molecular weight excluding hydrogens is 1000 g/mol. The van der Waals surface area contributed by atoms with Gasteiger partial charge in [0.2, 0.25) is 0 Å². The van der Waals surface area contributed by atoms with E-state index in [1.165, 1.54) is 93.5 Å². The van der Waals surface area contributed by atoms with Crippen LogP contribution < -0.4 is 9.80 Å². The van der Waals surface area contributed by atoms with Gasteiger partial charge in [0.05, 0.1) is 22.2 Å². The normalized spacial score (nSPS) is 15.9. The highest BCUT2D eigenvalue weighted by Gasteiger charge is 2.46. The topological polar surface area (TPSA) is 6.48 Å². The van der Waals surface area contributed by atoms with Crippen LogP contribution in [0.25, 0.3) is 43.4 Å². The average molecular weight is 1060 g/mol. The molecule has 0 spiro atoms. The molecule has 0 N–H and O–H groups in total. The Balaban J connectivity index is 0.945. The second-order valence-corrected chi connectivity index (χ2v) is 22.5. The Bertz CT molecular complexity index is 4670. The van der Waals surface area contributed by atoms with Gasteiger partial charge in [0, 0.05) is 33.5 Å². The number of anilines is 6. The van der Waals surface area contributed by atoms with Crippen molar-refractivity contribution >= 4 is 66.4 Å². The van der Waals surface area contributed by atoms with Gasteiger partial charge in [0.1, 0.15) is 0 Å². The van der Waals surface area contributed by atoms with E-state index in [0.29, 0.717) is 0 Å². The van der Waals surface area contributed by atoms with E-state index in [-0.39, 0.29) is 0 Å². The molecule has 0 radical (unpaired) electrons. The lowest BCUT2D eigenvalue weighted by atomic mass is 9.63. The molecule has 13 aromatic carbocycles. The second kappa shape index (κ2) is 20.1. The van der Waals surface area contributed by atoms with Gasteiger partial charge < -0.3 is 9.80 Å². The highest BCUT2D eigenvalue weighted by molar-refractivity contribution is 6.28.